The first-order chi connectivity index (χ1) is 11.8. The Morgan fingerprint density at radius 3 is 2.00 bits per heavy atom. The average molecular weight is 357 g/mol. The van der Waals surface area contributed by atoms with E-state index in [1.165, 1.54) is 12.8 Å². The zero-order valence-corrected chi connectivity index (χ0v) is 17.3. The molecule has 0 aliphatic heterocycles. The Morgan fingerprint density at radius 2 is 1.56 bits per heavy atom. The Kier molecular flexibility index (Phi) is 10.0. The van der Waals surface area contributed by atoms with Crippen LogP contribution in [0.5, 0.6) is 0 Å². The van der Waals surface area contributed by atoms with Gasteiger partial charge in [0.1, 0.15) is 0 Å². The molecule has 4 heteroatoms. The van der Waals surface area contributed by atoms with E-state index in [1.54, 1.807) is 0 Å². The summed E-state index contributed by atoms with van der Waals surface area (Å²) in [5.74, 6) is 0.434. The van der Waals surface area contributed by atoms with E-state index in [4.69, 9.17) is 14.2 Å². The Bertz CT molecular complexity index is 362. The van der Waals surface area contributed by atoms with Gasteiger partial charge in [-0.2, -0.15) is 0 Å². The van der Waals surface area contributed by atoms with Crippen LogP contribution in [0.1, 0.15) is 79.1 Å². The van der Waals surface area contributed by atoms with Gasteiger partial charge in [0.2, 0.25) is 0 Å². The molecule has 0 heterocycles. The Hall–Kier alpha value is -0.610. The lowest BCUT2D eigenvalue weighted by molar-refractivity contribution is -0.148. The number of methoxy groups -OCH3 is 2. The van der Waals surface area contributed by atoms with Crippen LogP contribution in [0.2, 0.25) is 0 Å². The molecular formula is C21H40O4. The van der Waals surface area contributed by atoms with Crippen molar-refractivity contribution in [3.63, 3.8) is 0 Å². The van der Waals surface area contributed by atoms with Crippen LogP contribution < -0.4 is 0 Å². The van der Waals surface area contributed by atoms with Gasteiger partial charge in [-0.15, -0.1) is 0 Å². The van der Waals surface area contributed by atoms with Gasteiger partial charge in [0.25, 0.3) is 0 Å². The molecular weight excluding hydrogens is 316 g/mol. The SMILES string of the molecule is COC1CCCCC(OC)CC(CC(C)(C)CCOC(=O)C(C)C)C1. The van der Waals surface area contributed by atoms with Crippen LogP contribution in [0.4, 0.5) is 0 Å². The van der Waals surface area contributed by atoms with Crippen LogP contribution in [0.15, 0.2) is 0 Å². The summed E-state index contributed by atoms with van der Waals surface area (Å²) in [4.78, 5) is 11.6. The van der Waals surface area contributed by atoms with Gasteiger partial charge < -0.3 is 14.2 Å². The van der Waals surface area contributed by atoms with Gasteiger partial charge >= 0.3 is 5.97 Å². The first kappa shape index (κ1) is 22.4. The van der Waals surface area contributed by atoms with E-state index in [0.717, 1.165) is 38.5 Å². The van der Waals surface area contributed by atoms with E-state index < -0.39 is 0 Å². The van der Waals surface area contributed by atoms with Gasteiger partial charge in [0.05, 0.1) is 24.7 Å². The third-order valence-corrected chi connectivity index (χ3v) is 5.50. The summed E-state index contributed by atoms with van der Waals surface area (Å²) in [5.41, 5.74) is 0.145. The van der Waals surface area contributed by atoms with Gasteiger partial charge in [0.15, 0.2) is 0 Å². The van der Waals surface area contributed by atoms with Crippen LogP contribution in [0.3, 0.4) is 0 Å². The van der Waals surface area contributed by atoms with Crippen molar-refractivity contribution < 1.29 is 19.0 Å². The lowest BCUT2D eigenvalue weighted by Crippen LogP contribution is -2.26. The van der Waals surface area contributed by atoms with Crippen molar-refractivity contribution in [2.45, 2.75) is 91.3 Å². The summed E-state index contributed by atoms with van der Waals surface area (Å²) in [5, 5.41) is 0. The predicted octanol–water partition coefficient (Wildman–Crippen LogP) is 4.99. The van der Waals surface area contributed by atoms with Gasteiger partial charge in [-0.05, 0) is 49.9 Å². The van der Waals surface area contributed by atoms with Crippen LogP contribution in [-0.4, -0.2) is 39.0 Å². The molecule has 0 bridgehead atoms. The molecule has 1 rings (SSSR count). The molecule has 148 valence electrons. The quantitative estimate of drug-likeness (QED) is 0.575. The van der Waals surface area contributed by atoms with Gasteiger partial charge in [-0.1, -0.05) is 40.5 Å². The second-order valence-corrected chi connectivity index (χ2v) is 8.78. The predicted molar refractivity (Wildman–Crippen MR) is 102 cm³/mol. The molecule has 0 saturated heterocycles. The van der Waals surface area contributed by atoms with Crippen LogP contribution >= 0.6 is 0 Å². The zero-order chi connectivity index (χ0) is 18.9. The highest BCUT2D eigenvalue weighted by molar-refractivity contribution is 5.71. The van der Waals surface area contributed by atoms with E-state index in [-0.39, 0.29) is 17.3 Å². The molecule has 0 aromatic carbocycles. The summed E-state index contributed by atoms with van der Waals surface area (Å²) in [6.45, 7) is 8.83. The minimum Gasteiger partial charge on any atom is -0.465 e. The first-order valence-corrected chi connectivity index (χ1v) is 9.99. The first-order valence-electron chi connectivity index (χ1n) is 9.99. The zero-order valence-electron chi connectivity index (χ0n) is 17.3. The normalized spacial score (nSPS) is 26.0. The molecule has 1 fully saturated rings. The largest absolute Gasteiger partial charge is 0.465 e. The van der Waals surface area contributed by atoms with Crippen molar-refractivity contribution in [3.05, 3.63) is 0 Å². The van der Waals surface area contributed by atoms with Gasteiger partial charge in [-0.3, -0.25) is 4.79 Å². The maximum absolute atomic E-state index is 11.6. The molecule has 25 heavy (non-hydrogen) atoms. The number of esters is 1. The minimum absolute atomic E-state index is 0.0533. The van der Waals surface area contributed by atoms with E-state index in [2.05, 4.69) is 13.8 Å². The highest BCUT2D eigenvalue weighted by atomic mass is 16.5. The summed E-state index contributed by atoms with van der Waals surface area (Å²) < 4.78 is 16.8. The standard InChI is InChI=1S/C21H40O4/c1-16(2)20(22)25-12-11-21(3,4)15-17-13-18(23-5)9-7-8-10-19(14-17)24-6/h16-19H,7-15H2,1-6H3. The fraction of sp³-hybridized carbons (Fsp3) is 0.952. The molecule has 0 aromatic heterocycles. The molecule has 0 spiro atoms. The maximum atomic E-state index is 11.6. The number of hydrogen-bond donors (Lipinski definition) is 0. The number of rotatable bonds is 8. The fourth-order valence-corrected chi connectivity index (χ4v) is 3.89. The van der Waals surface area contributed by atoms with Gasteiger partial charge in [-0.25, -0.2) is 0 Å². The highest BCUT2D eigenvalue weighted by Crippen LogP contribution is 2.36. The lowest BCUT2D eigenvalue weighted by Gasteiger charge is -2.32. The van der Waals surface area contributed by atoms with Gasteiger partial charge in [0, 0.05) is 14.2 Å². The summed E-state index contributed by atoms with van der Waals surface area (Å²) >= 11 is 0. The van der Waals surface area contributed by atoms with Crippen LogP contribution in [0, 0.1) is 17.3 Å². The Labute approximate surface area is 155 Å². The van der Waals surface area contributed by atoms with E-state index in [9.17, 15) is 4.79 Å². The molecule has 0 N–H and O–H groups in total. The number of carbonyl (C=O) groups is 1. The summed E-state index contributed by atoms with van der Waals surface area (Å²) in [6, 6.07) is 0. The topological polar surface area (TPSA) is 44.8 Å². The summed E-state index contributed by atoms with van der Waals surface area (Å²) in [6.07, 6.45) is 9.68. The lowest BCUT2D eigenvalue weighted by atomic mass is 9.76. The monoisotopic (exact) mass is 356 g/mol. The van der Waals surface area contributed by atoms with Crippen molar-refractivity contribution >= 4 is 5.97 Å². The average Bonchev–Trinajstić information content (AvgIpc) is 2.64. The number of ether oxygens (including phenoxy) is 3. The highest BCUT2D eigenvalue weighted by Gasteiger charge is 2.29. The smallest absolute Gasteiger partial charge is 0.308 e. The second-order valence-electron chi connectivity index (χ2n) is 8.78. The molecule has 4 nitrogen and oxygen atoms in total. The van der Waals surface area contributed by atoms with Crippen LogP contribution in [0.25, 0.3) is 0 Å². The van der Waals surface area contributed by atoms with Crippen molar-refractivity contribution in [3.8, 4) is 0 Å². The molecule has 1 saturated carbocycles. The third kappa shape index (κ3) is 9.05. The van der Waals surface area contributed by atoms with Crippen LogP contribution in [-0.2, 0) is 19.0 Å². The van der Waals surface area contributed by atoms with E-state index in [1.807, 2.05) is 28.1 Å². The second kappa shape index (κ2) is 11.2. The van der Waals surface area contributed by atoms with Crippen molar-refractivity contribution in [2.75, 3.05) is 20.8 Å². The van der Waals surface area contributed by atoms with Crippen molar-refractivity contribution in [2.24, 2.45) is 17.3 Å². The van der Waals surface area contributed by atoms with Crippen molar-refractivity contribution in [1.82, 2.24) is 0 Å². The Balaban J connectivity index is 2.60. The summed E-state index contributed by atoms with van der Waals surface area (Å²) in [7, 11) is 3.67. The van der Waals surface area contributed by atoms with E-state index >= 15 is 0 Å². The molecule has 2 atom stereocenters. The molecule has 0 radical (unpaired) electrons. The molecule has 2 unspecified atom stereocenters. The molecule has 0 amide bonds. The molecule has 1 aliphatic carbocycles. The van der Waals surface area contributed by atoms with E-state index in [0.29, 0.717) is 24.7 Å². The van der Waals surface area contributed by atoms with Crippen molar-refractivity contribution in [1.29, 1.82) is 0 Å². The maximum Gasteiger partial charge on any atom is 0.308 e. The Morgan fingerprint density at radius 1 is 1.04 bits per heavy atom. The number of carbonyl (C=O) groups excluding carboxylic acids is 1. The number of hydrogen-bond acceptors (Lipinski definition) is 4. The third-order valence-electron chi connectivity index (χ3n) is 5.50. The fourth-order valence-electron chi connectivity index (χ4n) is 3.89. The minimum atomic E-state index is -0.0999. The molecule has 0 aromatic rings. The molecule has 1 aliphatic rings.